The van der Waals surface area contributed by atoms with E-state index in [9.17, 15) is 9.90 Å². The maximum absolute atomic E-state index is 11.4. The average Bonchev–Trinajstić information content (AvgIpc) is 2.45. The normalized spacial score (nSPS) is 11.1. The molecule has 0 saturated carbocycles. The fraction of sp³-hybridized carbons (Fsp3) is 0. The van der Waals surface area contributed by atoms with Gasteiger partial charge >= 0.3 is 5.97 Å². The zero-order valence-electron chi connectivity index (χ0n) is 10.4. The number of carboxylic acid groups (broad SMARTS) is 1. The third-order valence-corrected chi connectivity index (χ3v) is 2.83. The van der Waals surface area contributed by atoms with Crippen LogP contribution in [-0.4, -0.2) is 11.1 Å². The van der Waals surface area contributed by atoms with E-state index in [1.54, 1.807) is 24.3 Å². The Labute approximate surface area is 112 Å². The van der Waals surface area contributed by atoms with Gasteiger partial charge in [0.05, 0.1) is 5.57 Å². The lowest BCUT2D eigenvalue weighted by atomic mass is 10.00. The first-order valence-electron chi connectivity index (χ1n) is 5.94. The molecule has 0 aliphatic carbocycles. The van der Waals surface area contributed by atoms with Crippen molar-refractivity contribution in [3.05, 3.63) is 77.9 Å². The predicted molar refractivity (Wildman–Crippen MR) is 78.5 cm³/mol. The van der Waals surface area contributed by atoms with Gasteiger partial charge in [0, 0.05) is 0 Å². The first-order valence-corrected chi connectivity index (χ1v) is 5.94. The van der Waals surface area contributed by atoms with Gasteiger partial charge in [-0.15, -0.1) is 0 Å². The molecular formula is C17H14O2. The highest BCUT2D eigenvalue weighted by molar-refractivity contribution is 6.20. The van der Waals surface area contributed by atoms with E-state index in [4.69, 9.17) is 0 Å². The lowest BCUT2D eigenvalue weighted by Crippen LogP contribution is -1.99. The van der Waals surface area contributed by atoms with Crippen LogP contribution in [0.3, 0.4) is 0 Å². The van der Waals surface area contributed by atoms with Gasteiger partial charge in [0.25, 0.3) is 0 Å². The summed E-state index contributed by atoms with van der Waals surface area (Å²) in [5, 5.41) is 9.36. The summed E-state index contributed by atoms with van der Waals surface area (Å²) in [6, 6.07) is 16.7. The Bertz CT molecular complexity index is 625. The maximum Gasteiger partial charge on any atom is 0.336 e. The summed E-state index contributed by atoms with van der Waals surface area (Å²) in [6.07, 6.45) is 3.39. The Morgan fingerprint density at radius 3 is 2.11 bits per heavy atom. The molecule has 0 unspecified atom stereocenters. The standard InChI is InChI=1S/C17H14O2/c1-2-13-8-6-7-11-15(13)12-16(17(18)19)14-9-4-3-5-10-14/h2-12H,1H2,(H,18,19)/b16-12-. The van der Waals surface area contributed by atoms with Crippen LogP contribution in [0, 0.1) is 0 Å². The van der Waals surface area contributed by atoms with Crippen LogP contribution in [0.1, 0.15) is 16.7 Å². The third kappa shape index (κ3) is 2.99. The van der Waals surface area contributed by atoms with Crippen molar-refractivity contribution in [2.24, 2.45) is 0 Å². The van der Waals surface area contributed by atoms with Crippen molar-refractivity contribution >= 4 is 23.7 Å². The van der Waals surface area contributed by atoms with E-state index in [0.29, 0.717) is 5.56 Å². The quantitative estimate of drug-likeness (QED) is 0.659. The molecule has 0 radical (unpaired) electrons. The van der Waals surface area contributed by atoms with Crippen molar-refractivity contribution in [2.45, 2.75) is 0 Å². The van der Waals surface area contributed by atoms with Gasteiger partial charge in [-0.05, 0) is 22.8 Å². The molecule has 0 saturated heterocycles. The SMILES string of the molecule is C=Cc1ccccc1/C=C(\C(=O)O)c1ccccc1. The van der Waals surface area contributed by atoms with Crippen molar-refractivity contribution < 1.29 is 9.90 Å². The van der Waals surface area contributed by atoms with Crippen LogP contribution in [0.4, 0.5) is 0 Å². The van der Waals surface area contributed by atoms with Crippen LogP contribution in [0.5, 0.6) is 0 Å². The number of carbonyl (C=O) groups is 1. The minimum atomic E-state index is -0.940. The van der Waals surface area contributed by atoms with Gasteiger partial charge in [0.1, 0.15) is 0 Å². The van der Waals surface area contributed by atoms with Gasteiger partial charge < -0.3 is 5.11 Å². The molecule has 0 spiro atoms. The van der Waals surface area contributed by atoms with E-state index >= 15 is 0 Å². The molecule has 0 aliphatic heterocycles. The molecule has 2 aromatic rings. The van der Waals surface area contributed by atoms with Gasteiger partial charge in [-0.25, -0.2) is 4.79 Å². The molecule has 19 heavy (non-hydrogen) atoms. The maximum atomic E-state index is 11.4. The van der Waals surface area contributed by atoms with E-state index in [-0.39, 0.29) is 5.57 Å². The van der Waals surface area contributed by atoms with Crippen LogP contribution >= 0.6 is 0 Å². The Morgan fingerprint density at radius 1 is 0.947 bits per heavy atom. The molecule has 0 amide bonds. The molecular weight excluding hydrogens is 236 g/mol. The summed E-state index contributed by atoms with van der Waals surface area (Å²) in [5.74, 6) is -0.940. The van der Waals surface area contributed by atoms with Gasteiger partial charge in [0.2, 0.25) is 0 Å². The molecule has 2 aromatic carbocycles. The van der Waals surface area contributed by atoms with Gasteiger partial charge in [-0.1, -0.05) is 67.3 Å². The molecule has 1 N–H and O–H groups in total. The fourth-order valence-electron chi connectivity index (χ4n) is 1.87. The summed E-state index contributed by atoms with van der Waals surface area (Å²) in [7, 11) is 0. The highest BCUT2D eigenvalue weighted by atomic mass is 16.4. The van der Waals surface area contributed by atoms with Crippen molar-refractivity contribution in [1.29, 1.82) is 0 Å². The summed E-state index contributed by atoms with van der Waals surface area (Å²) in [5.41, 5.74) is 2.72. The summed E-state index contributed by atoms with van der Waals surface area (Å²) >= 11 is 0. The van der Waals surface area contributed by atoms with E-state index in [0.717, 1.165) is 11.1 Å². The monoisotopic (exact) mass is 250 g/mol. The summed E-state index contributed by atoms with van der Waals surface area (Å²) in [4.78, 5) is 11.4. The predicted octanol–water partition coefficient (Wildman–Crippen LogP) is 3.95. The van der Waals surface area contributed by atoms with Crippen molar-refractivity contribution in [1.82, 2.24) is 0 Å². The van der Waals surface area contributed by atoms with Gasteiger partial charge in [-0.2, -0.15) is 0 Å². The number of aliphatic carboxylic acids is 1. The van der Waals surface area contributed by atoms with E-state index in [1.807, 2.05) is 42.5 Å². The molecule has 0 aromatic heterocycles. The molecule has 94 valence electrons. The van der Waals surface area contributed by atoms with Gasteiger partial charge in [-0.3, -0.25) is 0 Å². The largest absolute Gasteiger partial charge is 0.478 e. The lowest BCUT2D eigenvalue weighted by Gasteiger charge is -2.05. The average molecular weight is 250 g/mol. The first-order chi connectivity index (χ1) is 9.22. The molecule has 0 aliphatic rings. The van der Waals surface area contributed by atoms with Crippen LogP contribution in [0.25, 0.3) is 17.7 Å². The van der Waals surface area contributed by atoms with Crippen molar-refractivity contribution in [2.75, 3.05) is 0 Å². The highest BCUT2D eigenvalue weighted by Crippen LogP contribution is 2.21. The molecule has 2 rings (SSSR count). The molecule has 0 bridgehead atoms. The molecule has 0 fully saturated rings. The zero-order valence-corrected chi connectivity index (χ0v) is 10.4. The smallest absolute Gasteiger partial charge is 0.336 e. The van der Waals surface area contributed by atoms with Crippen molar-refractivity contribution in [3.63, 3.8) is 0 Å². The number of carboxylic acids is 1. The Balaban J connectivity index is 2.54. The van der Waals surface area contributed by atoms with Gasteiger partial charge in [0.15, 0.2) is 0 Å². The second-order valence-electron chi connectivity index (χ2n) is 4.06. The molecule has 0 atom stereocenters. The Kier molecular flexibility index (Phi) is 3.94. The fourth-order valence-corrected chi connectivity index (χ4v) is 1.87. The molecule has 2 heteroatoms. The lowest BCUT2D eigenvalue weighted by molar-refractivity contribution is -0.130. The van der Waals surface area contributed by atoms with Crippen LogP contribution < -0.4 is 0 Å². The van der Waals surface area contributed by atoms with Crippen molar-refractivity contribution in [3.8, 4) is 0 Å². The second-order valence-corrected chi connectivity index (χ2v) is 4.06. The zero-order chi connectivity index (χ0) is 13.7. The number of hydrogen-bond donors (Lipinski definition) is 1. The number of rotatable bonds is 4. The van der Waals surface area contributed by atoms with E-state index in [1.165, 1.54) is 0 Å². The molecule has 2 nitrogen and oxygen atoms in total. The first kappa shape index (κ1) is 12.8. The number of hydrogen-bond acceptors (Lipinski definition) is 1. The minimum Gasteiger partial charge on any atom is -0.478 e. The minimum absolute atomic E-state index is 0.273. The van der Waals surface area contributed by atoms with E-state index < -0.39 is 5.97 Å². The van der Waals surface area contributed by atoms with E-state index in [2.05, 4.69) is 6.58 Å². The highest BCUT2D eigenvalue weighted by Gasteiger charge is 2.10. The molecule has 0 heterocycles. The van der Waals surface area contributed by atoms with Crippen LogP contribution in [-0.2, 0) is 4.79 Å². The summed E-state index contributed by atoms with van der Waals surface area (Å²) < 4.78 is 0. The Morgan fingerprint density at radius 2 is 1.53 bits per heavy atom. The van der Waals surface area contributed by atoms with Crippen LogP contribution in [0.2, 0.25) is 0 Å². The number of benzene rings is 2. The third-order valence-electron chi connectivity index (χ3n) is 2.83. The summed E-state index contributed by atoms with van der Waals surface area (Å²) in [6.45, 7) is 3.74. The Hall–Kier alpha value is -2.61. The second kappa shape index (κ2) is 5.83. The topological polar surface area (TPSA) is 37.3 Å². The van der Waals surface area contributed by atoms with Crippen LogP contribution in [0.15, 0.2) is 61.2 Å².